The summed E-state index contributed by atoms with van der Waals surface area (Å²) >= 11 is 0. The van der Waals surface area contributed by atoms with E-state index in [0.717, 1.165) is 51.1 Å². The number of amides is 2. The van der Waals surface area contributed by atoms with Crippen molar-refractivity contribution in [3.8, 4) is 0 Å². The van der Waals surface area contributed by atoms with Crippen molar-refractivity contribution in [1.82, 2.24) is 10.2 Å². The molecule has 5 nitrogen and oxygen atoms in total. The molecule has 1 atom stereocenters. The van der Waals surface area contributed by atoms with E-state index in [9.17, 15) is 9.59 Å². The summed E-state index contributed by atoms with van der Waals surface area (Å²) in [6.07, 6.45) is 3.44. The Labute approximate surface area is 168 Å². The first-order valence-electron chi connectivity index (χ1n) is 10.0. The zero-order valence-electron chi connectivity index (χ0n) is 16.4. The third-order valence-electron chi connectivity index (χ3n) is 5.74. The number of piperidine rings is 1. The molecule has 1 N–H and O–H groups in total. The molecule has 2 heterocycles. The van der Waals surface area contributed by atoms with Crippen LogP contribution in [0.3, 0.4) is 0 Å². The molecule has 0 radical (unpaired) electrons. The van der Waals surface area contributed by atoms with Gasteiger partial charge in [-0.3, -0.25) is 9.59 Å². The molecule has 150 valence electrons. The van der Waals surface area contributed by atoms with E-state index >= 15 is 0 Å². The molecular formula is C21H32ClN3O2. The minimum Gasteiger partial charge on any atom is -0.342 e. The Morgan fingerprint density at radius 2 is 1.81 bits per heavy atom. The van der Waals surface area contributed by atoms with Crippen LogP contribution in [-0.2, 0) is 16.0 Å². The summed E-state index contributed by atoms with van der Waals surface area (Å²) < 4.78 is 0. The number of aryl methyl sites for hydroxylation is 1. The lowest BCUT2D eigenvalue weighted by Gasteiger charge is -2.33. The topological polar surface area (TPSA) is 52.7 Å². The van der Waals surface area contributed by atoms with Gasteiger partial charge in [0.25, 0.3) is 0 Å². The molecule has 3 rings (SSSR count). The SMILES string of the molecule is CCNCC1CCN(C(=O)C2CC(=O)N(c3ccc(CC)cc3)C2)CC1.Cl. The highest BCUT2D eigenvalue weighted by atomic mass is 35.5. The molecule has 0 saturated carbocycles. The Bertz CT molecular complexity index is 627. The van der Waals surface area contributed by atoms with Crippen molar-refractivity contribution in [2.45, 2.75) is 39.5 Å². The van der Waals surface area contributed by atoms with Crippen LogP contribution < -0.4 is 10.2 Å². The van der Waals surface area contributed by atoms with Gasteiger partial charge in [0.15, 0.2) is 0 Å². The number of hydrogen-bond donors (Lipinski definition) is 1. The summed E-state index contributed by atoms with van der Waals surface area (Å²) in [5.74, 6) is 0.694. The van der Waals surface area contributed by atoms with Gasteiger partial charge < -0.3 is 15.1 Å². The summed E-state index contributed by atoms with van der Waals surface area (Å²) in [4.78, 5) is 29.1. The number of hydrogen-bond acceptors (Lipinski definition) is 3. The van der Waals surface area contributed by atoms with Crippen LogP contribution in [0.1, 0.15) is 38.7 Å². The van der Waals surface area contributed by atoms with Crippen molar-refractivity contribution >= 4 is 29.9 Å². The molecule has 2 saturated heterocycles. The van der Waals surface area contributed by atoms with Crippen LogP contribution in [0, 0.1) is 11.8 Å². The number of carbonyl (C=O) groups is 2. The van der Waals surface area contributed by atoms with Gasteiger partial charge in [-0.15, -0.1) is 12.4 Å². The van der Waals surface area contributed by atoms with E-state index in [2.05, 4.69) is 31.3 Å². The molecule has 1 unspecified atom stereocenters. The molecule has 2 aliphatic rings. The van der Waals surface area contributed by atoms with Crippen LogP contribution in [0.25, 0.3) is 0 Å². The van der Waals surface area contributed by atoms with Gasteiger partial charge in [-0.05, 0) is 56.0 Å². The first-order valence-corrected chi connectivity index (χ1v) is 10.0. The van der Waals surface area contributed by atoms with Crippen LogP contribution in [0.4, 0.5) is 5.69 Å². The molecule has 0 bridgehead atoms. The van der Waals surface area contributed by atoms with E-state index in [0.29, 0.717) is 18.9 Å². The number of nitrogens with one attached hydrogen (secondary N) is 1. The normalized spacial score (nSPS) is 20.7. The monoisotopic (exact) mass is 393 g/mol. The summed E-state index contributed by atoms with van der Waals surface area (Å²) in [6, 6.07) is 8.12. The van der Waals surface area contributed by atoms with Gasteiger partial charge >= 0.3 is 0 Å². The Morgan fingerprint density at radius 3 is 2.41 bits per heavy atom. The zero-order valence-corrected chi connectivity index (χ0v) is 17.3. The summed E-state index contributed by atoms with van der Waals surface area (Å²) in [7, 11) is 0. The van der Waals surface area contributed by atoms with E-state index in [1.807, 2.05) is 17.0 Å². The standard InChI is InChI=1S/C21H31N3O2.ClH/c1-3-16-5-7-19(8-6-16)24-15-18(13-20(24)25)21(26)23-11-9-17(10-12-23)14-22-4-2;/h5-8,17-18,22H,3-4,9-15H2,1-2H3;1H. The maximum atomic E-state index is 12.9. The second-order valence-corrected chi connectivity index (χ2v) is 7.50. The molecule has 0 aromatic heterocycles. The van der Waals surface area contributed by atoms with Gasteiger partial charge in [0.1, 0.15) is 0 Å². The second-order valence-electron chi connectivity index (χ2n) is 7.50. The molecule has 1 aromatic rings. The lowest BCUT2D eigenvalue weighted by molar-refractivity contribution is -0.137. The van der Waals surface area contributed by atoms with Gasteiger partial charge in [0.2, 0.25) is 11.8 Å². The maximum absolute atomic E-state index is 12.9. The molecule has 2 amide bonds. The lowest BCUT2D eigenvalue weighted by atomic mass is 9.95. The minimum atomic E-state index is -0.196. The van der Waals surface area contributed by atoms with E-state index in [1.54, 1.807) is 4.90 Å². The highest BCUT2D eigenvalue weighted by Gasteiger charge is 2.38. The predicted molar refractivity (Wildman–Crippen MR) is 111 cm³/mol. The summed E-state index contributed by atoms with van der Waals surface area (Å²) in [6.45, 7) is 8.44. The fraction of sp³-hybridized carbons (Fsp3) is 0.619. The first-order chi connectivity index (χ1) is 12.6. The smallest absolute Gasteiger partial charge is 0.228 e. The van der Waals surface area contributed by atoms with Gasteiger partial charge in [-0.1, -0.05) is 26.0 Å². The van der Waals surface area contributed by atoms with E-state index in [-0.39, 0.29) is 30.1 Å². The van der Waals surface area contributed by atoms with E-state index < -0.39 is 0 Å². The molecule has 6 heteroatoms. The minimum absolute atomic E-state index is 0. The summed E-state index contributed by atoms with van der Waals surface area (Å²) in [5.41, 5.74) is 2.17. The number of rotatable bonds is 6. The lowest BCUT2D eigenvalue weighted by Crippen LogP contribution is -2.44. The number of benzene rings is 1. The van der Waals surface area contributed by atoms with Crippen molar-refractivity contribution in [2.75, 3.05) is 37.6 Å². The highest BCUT2D eigenvalue weighted by molar-refractivity contribution is 6.00. The average Bonchev–Trinajstić information content (AvgIpc) is 3.08. The molecule has 0 spiro atoms. The highest BCUT2D eigenvalue weighted by Crippen LogP contribution is 2.28. The van der Waals surface area contributed by atoms with Crippen molar-refractivity contribution in [3.63, 3.8) is 0 Å². The Hall–Kier alpha value is -1.59. The third-order valence-corrected chi connectivity index (χ3v) is 5.74. The first kappa shape index (κ1) is 21.7. The quantitative estimate of drug-likeness (QED) is 0.808. The number of nitrogens with zero attached hydrogens (tertiary/aromatic N) is 2. The van der Waals surface area contributed by atoms with Crippen molar-refractivity contribution < 1.29 is 9.59 Å². The number of halogens is 1. The van der Waals surface area contributed by atoms with Gasteiger partial charge in [0, 0.05) is 31.7 Å². The average molecular weight is 394 g/mol. The van der Waals surface area contributed by atoms with Gasteiger partial charge in [0.05, 0.1) is 5.92 Å². The molecular weight excluding hydrogens is 362 g/mol. The van der Waals surface area contributed by atoms with Crippen molar-refractivity contribution in [2.24, 2.45) is 11.8 Å². The van der Waals surface area contributed by atoms with Gasteiger partial charge in [-0.2, -0.15) is 0 Å². The number of carbonyl (C=O) groups excluding carboxylic acids is 2. The van der Waals surface area contributed by atoms with Crippen molar-refractivity contribution in [1.29, 1.82) is 0 Å². The van der Waals surface area contributed by atoms with Crippen LogP contribution in [0.15, 0.2) is 24.3 Å². The van der Waals surface area contributed by atoms with Crippen LogP contribution in [0.2, 0.25) is 0 Å². The largest absolute Gasteiger partial charge is 0.342 e. The van der Waals surface area contributed by atoms with Crippen LogP contribution >= 0.6 is 12.4 Å². The molecule has 1 aromatic carbocycles. The van der Waals surface area contributed by atoms with E-state index in [1.165, 1.54) is 5.56 Å². The molecule has 27 heavy (non-hydrogen) atoms. The summed E-state index contributed by atoms with van der Waals surface area (Å²) in [5, 5.41) is 3.40. The fourth-order valence-corrected chi connectivity index (χ4v) is 4.00. The number of anilines is 1. The Balaban J connectivity index is 0.00000261. The second kappa shape index (κ2) is 10.1. The van der Waals surface area contributed by atoms with Crippen LogP contribution in [0.5, 0.6) is 0 Å². The fourth-order valence-electron chi connectivity index (χ4n) is 4.00. The Morgan fingerprint density at radius 1 is 1.15 bits per heavy atom. The van der Waals surface area contributed by atoms with Crippen molar-refractivity contribution in [3.05, 3.63) is 29.8 Å². The molecule has 2 fully saturated rings. The Kier molecular flexibility index (Phi) is 8.11. The third kappa shape index (κ3) is 5.23. The number of likely N-dealkylation sites (tertiary alicyclic amines) is 1. The van der Waals surface area contributed by atoms with Gasteiger partial charge in [-0.25, -0.2) is 0 Å². The predicted octanol–water partition coefficient (Wildman–Crippen LogP) is 2.87. The molecule has 0 aliphatic carbocycles. The van der Waals surface area contributed by atoms with E-state index in [4.69, 9.17) is 0 Å². The molecule has 2 aliphatic heterocycles. The zero-order chi connectivity index (χ0) is 18.5. The van der Waals surface area contributed by atoms with Crippen LogP contribution in [-0.4, -0.2) is 49.4 Å². The maximum Gasteiger partial charge on any atom is 0.228 e.